The Morgan fingerprint density at radius 3 is 2.86 bits per heavy atom. The van der Waals surface area contributed by atoms with Gasteiger partial charge in [0, 0.05) is 17.6 Å². The molecule has 0 aliphatic carbocycles. The Balaban J connectivity index is 1.70. The first-order valence-corrected chi connectivity index (χ1v) is 8.35. The highest BCUT2D eigenvalue weighted by molar-refractivity contribution is 6.30. The maximum Gasteiger partial charge on any atom is 0.234 e. The normalized spacial score (nSPS) is 20.0. The summed E-state index contributed by atoms with van der Waals surface area (Å²) < 4.78 is 0. The molecule has 1 aromatic rings. The van der Waals surface area contributed by atoms with Crippen molar-refractivity contribution in [3.63, 3.8) is 0 Å². The van der Waals surface area contributed by atoms with Crippen LogP contribution in [0.25, 0.3) is 0 Å². The van der Waals surface area contributed by atoms with Crippen LogP contribution >= 0.6 is 11.6 Å². The Hall–Kier alpha value is -1.10. The third-order valence-electron chi connectivity index (χ3n) is 4.11. The zero-order chi connectivity index (χ0) is 15.9. The van der Waals surface area contributed by atoms with Crippen molar-refractivity contribution in [2.45, 2.75) is 44.8 Å². The number of aliphatic hydroxyl groups is 1. The molecule has 0 bridgehead atoms. The van der Waals surface area contributed by atoms with Crippen LogP contribution in [0.1, 0.15) is 31.7 Å². The molecule has 4 nitrogen and oxygen atoms in total. The van der Waals surface area contributed by atoms with Crippen LogP contribution in [0.5, 0.6) is 0 Å². The first-order valence-electron chi connectivity index (χ1n) is 7.98. The average Bonchev–Trinajstić information content (AvgIpc) is 2.87. The second-order valence-corrected chi connectivity index (χ2v) is 6.51. The average molecular weight is 325 g/mol. The number of amides is 1. The Morgan fingerprint density at radius 2 is 2.18 bits per heavy atom. The highest BCUT2D eigenvalue weighted by Gasteiger charge is 2.26. The predicted molar refractivity (Wildman–Crippen MR) is 89.1 cm³/mol. The number of rotatable bonds is 7. The molecule has 1 heterocycles. The molecule has 1 amide bonds. The van der Waals surface area contributed by atoms with Crippen LogP contribution in [0.15, 0.2) is 24.3 Å². The lowest BCUT2D eigenvalue weighted by atomic mass is 10.1. The van der Waals surface area contributed by atoms with E-state index < -0.39 is 0 Å². The minimum atomic E-state index is -0.307. The van der Waals surface area contributed by atoms with Crippen molar-refractivity contribution in [1.29, 1.82) is 0 Å². The van der Waals surface area contributed by atoms with Crippen LogP contribution in [0, 0.1) is 0 Å². The summed E-state index contributed by atoms with van der Waals surface area (Å²) in [6, 6.07) is 8.02. The predicted octanol–water partition coefficient (Wildman–Crippen LogP) is 2.23. The molecule has 1 aliphatic heterocycles. The number of nitrogens with zero attached hydrogens (tertiary/aromatic N) is 1. The van der Waals surface area contributed by atoms with Gasteiger partial charge in [0.05, 0.1) is 12.6 Å². The topological polar surface area (TPSA) is 52.6 Å². The standard InChI is InChI=1S/C17H25ClN2O2/c1-13(21)11-16-3-2-10-20(16)12-17(22)19-9-8-14-4-6-15(18)7-5-14/h4-7,13,16,21H,2-3,8-12H2,1H3,(H,19,22). The summed E-state index contributed by atoms with van der Waals surface area (Å²) in [6.07, 6.45) is 3.43. The number of hydrogen-bond acceptors (Lipinski definition) is 3. The maximum absolute atomic E-state index is 12.0. The van der Waals surface area contributed by atoms with E-state index in [-0.39, 0.29) is 12.0 Å². The lowest BCUT2D eigenvalue weighted by Gasteiger charge is -2.24. The molecule has 122 valence electrons. The molecule has 2 unspecified atom stereocenters. The van der Waals surface area contributed by atoms with Crippen LogP contribution in [0.2, 0.25) is 5.02 Å². The lowest BCUT2D eigenvalue weighted by molar-refractivity contribution is -0.122. The quantitative estimate of drug-likeness (QED) is 0.808. The van der Waals surface area contributed by atoms with Gasteiger partial charge in [0.1, 0.15) is 0 Å². The number of carbonyl (C=O) groups excluding carboxylic acids is 1. The van der Waals surface area contributed by atoms with Crippen molar-refractivity contribution >= 4 is 17.5 Å². The van der Waals surface area contributed by atoms with E-state index >= 15 is 0 Å². The van der Waals surface area contributed by atoms with Crippen LogP contribution in [0.4, 0.5) is 0 Å². The molecule has 0 saturated carbocycles. The Kier molecular flexibility index (Phi) is 6.68. The van der Waals surface area contributed by atoms with E-state index in [0.29, 0.717) is 19.1 Å². The zero-order valence-corrected chi connectivity index (χ0v) is 13.9. The van der Waals surface area contributed by atoms with Crippen molar-refractivity contribution in [2.75, 3.05) is 19.6 Å². The number of likely N-dealkylation sites (tertiary alicyclic amines) is 1. The number of halogens is 1. The first kappa shape index (κ1) is 17.3. The number of nitrogens with one attached hydrogen (secondary N) is 1. The first-order chi connectivity index (χ1) is 10.5. The number of carbonyl (C=O) groups is 1. The molecule has 2 rings (SSSR count). The third-order valence-corrected chi connectivity index (χ3v) is 4.36. The summed E-state index contributed by atoms with van der Waals surface area (Å²) in [7, 11) is 0. The molecular formula is C17H25ClN2O2. The smallest absolute Gasteiger partial charge is 0.234 e. The van der Waals surface area contributed by atoms with E-state index in [2.05, 4.69) is 10.2 Å². The van der Waals surface area contributed by atoms with Gasteiger partial charge in [-0.2, -0.15) is 0 Å². The number of aliphatic hydroxyl groups excluding tert-OH is 1. The fourth-order valence-corrected chi connectivity index (χ4v) is 3.13. The Bertz CT molecular complexity index is 476. The Morgan fingerprint density at radius 1 is 1.45 bits per heavy atom. The van der Waals surface area contributed by atoms with Crippen molar-refractivity contribution < 1.29 is 9.90 Å². The van der Waals surface area contributed by atoms with Gasteiger partial charge in [0.25, 0.3) is 0 Å². The molecule has 0 aromatic heterocycles. The summed E-state index contributed by atoms with van der Waals surface area (Å²) in [4.78, 5) is 14.2. The van der Waals surface area contributed by atoms with Crippen molar-refractivity contribution in [2.24, 2.45) is 0 Å². The second-order valence-electron chi connectivity index (χ2n) is 6.08. The van der Waals surface area contributed by atoms with Crippen LogP contribution in [-0.4, -0.2) is 47.7 Å². The van der Waals surface area contributed by atoms with E-state index in [0.717, 1.165) is 42.8 Å². The highest BCUT2D eigenvalue weighted by Crippen LogP contribution is 2.20. The summed E-state index contributed by atoms with van der Waals surface area (Å²) in [6.45, 7) is 3.82. The minimum absolute atomic E-state index is 0.0615. The Labute approximate surface area is 137 Å². The van der Waals surface area contributed by atoms with Crippen LogP contribution in [-0.2, 0) is 11.2 Å². The highest BCUT2D eigenvalue weighted by atomic mass is 35.5. The van der Waals surface area contributed by atoms with Gasteiger partial charge in [-0.25, -0.2) is 0 Å². The summed E-state index contributed by atoms with van der Waals surface area (Å²) in [5, 5.41) is 13.2. The maximum atomic E-state index is 12.0. The van der Waals surface area contributed by atoms with Gasteiger partial charge in [0.2, 0.25) is 5.91 Å². The van der Waals surface area contributed by atoms with Crippen molar-refractivity contribution in [1.82, 2.24) is 10.2 Å². The van der Waals surface area contributed by atoms with Gasteiger partial charge in [-0.05, 0) is 56.8 Å². The van der Waals surface area contributed by atoms with Gasteiger partial charge < -0.3 is 10.4 Å². The molecule has 2 N–H and O–H groups in total. The summed E-state index contributed by atoms with van der Waals surface area (Å²) in [5.41, 5.74) is 1.16. The molecule has 0 spiro atoms. The minimum Gasteiger partial charge on any atom is -0.393 e. The van der Waals surface area contributed by atoms with Crippen LogP contribution in [0.3, 0.4) is 0 Å². The number of benzene rings is 1. The third kappa shape index (κ3) is 5.59. The summed E-state index contributed by atoms with van der Waals surface area (Å²) >= 11 is 5.85. The molecule has 1 aromatic carbocycles. The van der Waals surface area contributed by atoms with E-state index in [1.807, 2.05) is 31.2 Å². The molecule has 1 fully saturated rings. The monoisotopic (exact) mass is 324 g/mol. The largest absolute Gasteiger partial charge is 0.393 e. The second kappa shape index (κ2) is 8.51. The van der Waals surface area contributed by atoms with Gasteiger partial charge in [0.15, 0.2) is 0 Å². The molecule has 22 heavy (non-hydrogen) atoms. The molecule has 5 heteroatoms. The van der Waals surface area contributed by atoms with E-state index in [1.54, 1.807) is 0 Å². The van der Waals surface area contributed by atoms with E-state index in [9.17, 15) is 9.90 Å². The van der Waals surface area contributed by atoms with E-state index in [1.165, 1.54) is 0 Å². The molecule has 2 atom stereocenters. The molecule has 1 saturated heterocycles. The molecule has 1 aliphatic rings. The molecular weight excluding hydrogens is 300 g/mol. The molecule has 0 radical (unpaired) electrons. The summed E-state index contributed by atoms with van der Waals surface area (Å²) in [5.74, 6) is 0.0615. The number of hydrogen-bond donors (Lipinski definition) is 2. The fraction of sp³-hybridized carbons (Fsp3) is 0.588. The van der Waals surface area contributed by atoms with Crippen LogP contribution < -0.4 is 5.32 Å². The van der Waals surface area contributed by atoms with Crippen molar-refractivity contribution in [3.05, 3.63) is 34.9 Å². The van der Waals surface area contributed by atoms with Gasteiger partial charge in [-0.3, -0.25) is 9.69 Å². The van der Waals surface area contributed by atoms with Gasteiger partial charge in [-0.15, -0.1) is 0 Å². The SMILES string of the molecule is CC(O)CC1CCCN1CC(=O)NCCc1ccc(Cl)cc1. The van der Waals surface area contributed by atoms with Crippen molar-refractivity contribution in [3.8, 4) is 0 Å². The van der Waals surface area contributed by atoms with E-state index in [4.69, 9.17) is 11.6 Å². The lowest BCUT2D eigenvalue weighted by Crippen LogP contribution is -2.41. The zero-order valence-electron chi connectivity index (χ0n) is 13.1. The fourth-order valence-electron chi connectivity index (χ4n) is 3.00. The van der Waals surface area contributed by atoms with Gasteiger partial charge >= 0.3 is 0 Å². The van der Waals surface area contributed by atoms with Gasteiger partial charge in [-0.1, -0.05) is 23.7 Å².